The summed E-state index contributed by atoms with van der Waals surface area (Å²) in [5.41, 5.74) is -0.520. The molecule has 3 nitrogen and oxygen atoms in total. The van der Waals surface area contributed by atoms with E-state index >= 15 is 0 Å². The molecule has 0 fully saturated rings. The van der Waals surface area contributed by atoms with E-state index in [2.05, 4.69) is 4.98 Å². The third-order valence-electron chi connectivity index (χ3n) is 2.94. The molecule has 1 heterocycles. The Bertz CT molecular complexity index is 696. The standard InChI is InChI=1S/C14H15F3N2O/c1-13(2,3)11-9-6-4-5-7-10(9)19(12(20)18-11)8-14(15,16)17/h4-7H,8H2,1-3H3. The fourth-order valence-electron chi connectivity index (χ4n) is 2.13. The summed E-state index contributed by atoms with van der Waals surface area (Å²) in [4.78, 5) is 15.8. The zero-order valence-electron chi connectivity index (χ0n) is 11.5. The van der Waals surface area contributed by atoms with Crippen LogP contribution in [-0.4, -0.2) is 15.7 Å². The Morgan fingerprint density at radius 1 is 1.15 bits per heavy atom. The van der Waals surface area contributed by atoms with Crippen molar-refractivity contribution < 1.29 is 13.2 Å². The predicted molar refractivity (Wildman–Crippen MR) is 70.8 cm³/mol. The third-order valence-corrected chi connectivity index (χ3v) is 2.94. The molecule has 0 N–H and O–H groups in total. The molecule has 0 atom stereocenters. The van der Waals surface area contributed by atoms with E-state index in [0.29, 0.717) is 15.6 Å². The van der Waals surface area contributed by atoms with Crippen molar-refractivity contribution in [2.75, 3.05) is 0 Å². The molecule has 0 saturated heterocycles. The van der Waals surface area contributed by atoms with Gasteiger partial charge >= 0.3 is 11.9 Å². The molecule has 20 heavy (non-hydrogen) atoms. The normalized spacial score (nSPS) is 12.9. The summed E-state index contributed by atoms with van der Waals surface area (Å²) < 4.78 is 38.5. The lowest BCUT2D eigenvalue weighted by atomic mass is 9.89. The van der Waals surface area contributed by atoms with E-state index in [4.69, 9.17) is 0 Å². The predicted octanol–water partition coefficient (Wildman–Crippen LogP) is 3.26. The fourth-order valence-corrected chi connectivity index (χ4v) is 2.13. The summed E-state index contributed by atoms with van der Waals surface area (Å²) in [5, 5.41) is 0.573. The van der Waals surface area contributed by atoms with Crippen LogP contribution in [0.15, 0.2) is 29.1 Å². The highest BCUT2D eigenvalue weighted by molar-refractivity contribution is 5.82. The van der Waals surface area contributed by atoms with Gasteiger partial charge < -0.3 is 0 Å². The third kappa shape index (κ3) is 2.84. The number of benzene rings is 1. The Morgan fingerprint density at radius 2 is 1.75 bits per heavy atom. The van der Waals surface area contributed by atoms with Gasteiger partial charge in [-0.15, -0.1) is 0 Å². The maximum atomic E-state index is 12.6. The van der Waals surface area contributed by atoms with Crippen molar-refractivity contribution in [1.82, 2.24) is 9.55 Å². The summed E-state index contributed by atoms with van der Waals surface area (Å²) in [7, 11) is 0. The zero-order valence-corrected chi connectivity index (χ0v) is 11.5. The Hall–Kier alpha value is -1.85. The van der Waals surface area contributed by atoms with E-state index in [1.807, 2.05) is 20.8 Å². The van der Waals surface area contributed by atoms with Crippen molar-refractivity contribution in [2.24, 2.45) is 0 Å². The number of hydrogen-bond donors (Lipinski definition) is 0. The van der Waals surface area contributed by atoms with Gasteiger partial charge in [0.15, 0.2) is 0 Å². The molecular formula is C14H15F3N2O. The number of nitrogens with zero attached hydrogens (tertiary/aromatic N) is 2. The number of halogens is 3. The minimum absolute atomic E-state index is 0.259. The molecule has 0 unspecified atom stereocenters. The van der Waals surface area contributed by atoms with Crippen LogP contribution >= 0.6 is 0 Å². The maximum Gasteiger partial charge on any atom is 0.406 e. The highest BCUT2D eigenvalue weighted by Crippen LogP contribution is 2.27. The molecule has 0 amide bonds. The topological polar surface area (TPSA) is 34.9 Å². The van der Waals surface area contributed by atoms with Gasteiger partial charge in [-0.2, -0.15) is 18.2 Å². The molecule has 0 radical (unpaired) electrons. The number of para-hydroxylation sites is 1. The monoisotopic (exact) mass is 284 g/mol. The highest BCUT2D eigenvalue weighted by atomic mass is 19.4. The molecule has 0 aliphatic carbocycles. The van der Waals surface area contributed by atoms with Gasteiger partial charge in [-0.1, -0.05) is 39.0 Å². The lowest BCUT2D eigenvalue weighted by Gasteiger charge is -2.21. The Morgan fingerprint density at radius 3 is 2.30 bits per heavy atom. The van der Waals surface area contributed by atoms with Gasteiger partial charge in [0.05, 0.1) is 11.2 Å². The molecule has 2 rings (SSSR count). The van der Waals surface area contributed by atoms with Gasteiger partial charge in [-0.05, 0) is 6.07 Å². The van der Waals surface area contributed by atoms with E-state index in [-0.39, 0.29) is 5.52 Å². The van der Waals surface area contributed by atoms with Gasteiger partial charge in [0, 0.05) is 10.8 Å². The minimum Gasteiger partial charge on any atom is -0.283 e. The average Bonchev–Trinajstić information content (AvgIpc) is 2.29. The second-order valence-corrected chi connectivity index (χ2v) is 5.71. The Balaban J connectivity index is 2.80. The van der Waals surface area contributed by atoms with Crippen molar-refractivity contribution in [1.29, 1.82) is 0 Å². The number of hydrogen-bond acceptors (Lipinski definition) is 2. The Kier molecular flexibility index (Phi) is 3.36. The minimum atomic E-state index is -4.46. The van der Waals surface area contributed by atoms with Crippen molar-refractivity contribution in [3.63, 3.8) is 0 Å². The molecule has 0 spiro atoms. The lowest BCUT2D eigenvalue weighted by Crippen LogP contribution is -2.33. The van der Waals surface area contributed by atoms with Gasteiger partial charge in [0.1, 0.15) is 6.54 Å². The fraction of sp³-hybridized carbons (Fsp3) is 0.429. The van der Waals surface area contributed by atoms with Crippen molar-refractivity contribution in [3.05, 3.63) is 40.4 Å². The number of aromatic nitrogens is 2. The first-order chi connectivity index (χ1) is 9.09. The van der Waals surface area contributed by atoms with Crippen LogP contribution in [0.4, 0.5) is 13.2 Å². The molecule has 0 bridgehead atoms. The summed E-state index contributed by atoms with van der Waals surface area (Å²) >= 11 is 0. The average molecular weight is 284 g/mol. The van der Waals surface area contributed by atoms with E-state index in [1.54, 1.807) is 18.2 Å². The van der Waals surface area contributed by atoms with Crippen LogP contribution in [0.25, 0.3) is 10.9 Å². The van der Waals surface area contributed by atoms with E-state index in [1.165, 1.54) is 6.07 Å². The molecule has 0 saturated carbocycles. The summed E-state index contributed by atoms with van der Waals surface area (Å²) in [6.07, 6.45) is -4.46. The zero-order chi connectivity index (χ0) is 15.1. The molecule has 6 heteroatoms. The van der Waals surface area contributed by atoms with Crippen LogP contribution in [0.5, 0.6) is 0 Å². The summed E-state index contributed by atoms with van der Waals surface area (Å²) in [6.45, 7) is 4.28. The number of fused-ring (bicyclic) bond motifs is 1. The van der Waals surface area contributed by atoms with E-state index < -0.39 is 23.8 Å². The Labute approximate surface area is 114 Å². The molecule has 1 aromatic carbocycles. The molecule has 2 aromatic rings. The first kappa shape index (κ1) is 14.6. The number of alkyl halides is 3. The first-order valence-corrected chi connectivity index (χ1v) is 6.16. The van der Waals surface area contributed by atoms with Gasteiger partial charge in [0.2, 0.25) is 0 Å². The van der Waals surface area contributed by atoms with Crippen LogP contribution < -0.4 is 5.69 Å². The smallest absolute Gasteiger partial charge is 0.283 e. The van der Waals surface area contributed by atoms with Crippen LogP contribution in [0.2, 0.25) is 0 Å². The highest BCUT2D eigenvalue weighted by Gasteiger charge is 2.30. The molecule has 0 aliphatic rings. The van der Waals surface area contributed by atoms with E-state index in [0.717, 1.165) is 0 Å². The second kappa shape index (κ2) is 4.61. The van der Waals surface area contributed by atoms with Crippen LogP contribution in [0.1, 0.15) is 26.5 Å². The molecule has 1 aromatic heterocycles. The van der Waals surface area contributed by atoms with Gasteiger partial charge in [0.25, 0.3) is 0 Å². The SMILES string of the molecule is CC(C)(C)c1nc(=O)n(CC(F)(F)F)c2ccccc12. The van der Waals surface area contributed by atoms with Crippen LogP contribution in [-0.2, 0) is 12.0 Å². The van der Waals surface area contributed by atoms with E-state index in [9.17, 15) is 18.0 Å². The largest absolute Gasteiger partial charge is 0.406 e. The first-order valence-electron chi connectivity index (χ1n) is 6.16. The quantitative estimate of drug-likeness (QED) is 0.805. The van der Waals surface area contributed by atoms with Crippen molar-refractivity contribution in [2.45, 2.75) is 38.9 Å². The summed E-state index contributed by atoms with van der Waals surface area (Å²) in [5.74, 6) is 0. The van der Waals surface area contributed by atoms with Crippen LogP contribution in [0, 0.1) is 0 Å². The number of rotatable bonds is 1. The van der Waals surface area contributed by atoms with Crippen LogP contribution in [0.3, 0.4) is 0 Å². The molecule has 0 aliphatic heterocycles. The van der Waals surface area contributed by atoms with Crippen molar-refractivity contribution >= 4 is 10.9 Å². The molecule has 108 valence electrons. The maximum absolute atomic E-state index is 12.6. The summed E-state index contributed by atoms with van der Waals surface area (Å²) in [6, 6.07) is 6.54. The van der Waals surface area contributed by atoms with Crippen molar-refractivity contribution in [3.8, 4) is 0 Å². The molecular weight excluding hydrogens is 269 g/mol. The van der Waals surface area contributed by atoms with Gasteiger partial charge in [-0.25, -0.2) is 4.79 Å². The van der Waals surface area contributed by atoms with Gasteiger partial charge in [-0.3, -0.25) is 4.57 Å². The second-order valence-electron chi connectivity index (χ2n) is 5.71. The lowest BCUT2D eigenvalue weighted by molar-refractivity contribution is -0.140.